The van der Waals surface area contributed by atoms with Crippen molar-refractivity contribution in [3.63, 3.8) is 0 Å². The number of anilines is 1. The highest BCUT2D eigenvalue weighted by molar-refractivity contribution is 9.10. The van der Waals surface area contributed by atoms with Gasteiger partial charge in [-0.3, -0.25) is 19.3 Å². The maximum absolute atomic E-state index is 12.8. The predicted molar refractivity (Wildman–Crippen MR) is 133 cm³/mol. The van der Waals surface area contributed by atoms with Crippen molar-refractivity contribution in [2.45, 2.75) is 13.8 Å². The number of nitrogens with zero attached hydrogens (tertiary/aromatic N) is 1. The van der Waals surface area contributed by atoms with Crippen molar-refractivity contribution >= 4 is 56.5 Å². The number of halogens is 1. The number of carbonyl (C=O) groups is 3. The highest BCUT2D eigenvalue weighted by Crippen LogP contribution is 2.39. The Morgan fingerprint density at radius 3 is 2.61 bits per heavy atom. The number of benzene rings is 2. The molecule has 3 amide bonds. The Kier molecular flexibility index (Phi) is 8.35. The van der Waals surface area contributed by atoms with Crippen molar-refractivity contribution in [3.8, 4) is 11.5 Å². The van der Waals surface area contributed by atoms with Crippen molar-refractivity contribution < 1.29 is 23.9 Å². The first-order valence-corrected chi connectivity index (χ1v) is 11.7. The minimum atomic E-state index is -0.523. The van der Waals surface area contributed by atoms with Gasteiger partial charge in [0, 0.05) is 5.69 Å². The number of imide groups is 1. The zero-order valence-electron chi connectivity index (χ0n) is 18.2. The summed E-state index contributed by atoms with van der Waals surface area (Å²) in [4.78, 5) is 38.7. The van der Waals surface area contributed by atoms with Crippen molar-refractivity contribution in [2.75, 3.05) is 25.1 Å². The molecule has 0 spiro atoms. The summed E-state index contributed by atoms with van der Waals surface area (Å²) in [7, 11) is 0. The van der Waals surface area contributed by atoms with Crippen molar-refractivity contribution in [3.05, 3.63) is 69.6 Å². The molecule has 0 atom stereocenters. The number of rotatable bonds is 9. The molecule has 9 heteroatoms. The second kappa shape index (κ2) is 11.2. The van der Waals surface area contributed by atoms with Crippen LogP contribution in [0.1, 0.15) is 18.1 Å². The molecule has 1 fully saturated rings. The molecular formula is C24H23BrN2O5S. The number of hydrogen-bond acceptors (Lipinski definition) is 6. The standard InChI is InChI=1S/C24H23BrN2O5S/c1-4-10-32-22-18(25)11-16(12-19(22)31-5-2)13-20-23(29)27(24(30)33-20)14-21(28)26-17-8-6-15(3)7-9-17/h4,6-9,11-13H,1,5,10,14H2,2-3H3,(H,26,28)/b20-13+. The quantitative estimate of drug-likeness (QED) is 0.345. The molecule has 172 valence electrons. The average molecular weight is 531 g/mol. The molecule has 1 N–H and O–H groups in total. The molecule has 1 aliphatic rings. The molecule has 3 rings (SSSR count). The van der Waals surface area contributed by atoms with Gasteiger partial charge >= 0.3 is 0 Å². The number of amides is 3. The van der Waals surface area contributed by atoms with E-state index in [1.54, 1.807) is 36.4 Å². The van der Waals surface area contributed by atoms with Crippen molar-refractivity contribution in [1.29, 1.82) is 0 Å². The van der Waals surface area contributed by atoms with E-state index in [0.717, 1.165) is 22.2 Å². The Morgan fingerprint density at radius 2 is 1.94 bits per heavy atom. The van der Waals surface area contributed by atoms with Crippen LogP contribution < -0.4 is 14.8 Å². The van der Waals surface area contributed by atoms with Crippen molar-refractivity contribution in [2.24, 2.45) is 0 Å². The molecule has 33 heavy (non-hydrogen) atoms. The minimum absolute atomic E-state index is 0.220. The van der Waals surface area contributed by atoms with Crippen molar-refractivity contribution in [1.82, 2.24) is 4.90 Å². The normalized spacial score (nSPS) is 14.5. The van der Waals surface area contributed by atoms with Crippen LogP contribution in [0.2, 0.25) is 0 Å². The van der Waals surface area contributed by atoms with Gasteiger partial charge in [-0.25, -0.2) is 0 Å². The monoisotopic (exact) mass is 530 g/mol. The first kappa shape index (κ1) is 24.6. The van der Waals surface area contributed by atoms with Gasteiger partial charge in [-0.15, -0.1) is 0 Å². The minimum Gasteiger partial charge on any atom is -0.490 e. The van der Waals surface area contributed by atoms with Crippen LogP contribution in [0.15, 0.2) is 58.4 Å². The highest BCUT2D eigenvalue weighted by Gasteiger charge is 2.36. The van der Waals surface area contributed by atoms with Crippen LogP contribution in [0.3, 0.4) is 0 Å². The van der Waals surface area contributed by atoms with Gasteiger partial charge < -0.3 is 14.8 Å². The van der Waals surface area contributed by atoms with Crippen LogP contribution in [0, 0.1) is 6.92 Å². The summed E-state index contributed by atoms with van der Waals surface area (Å²) in [5.74, 6) is 0.0454. The van der Waals surface area contributed by atoms with Gasteiger partial charge in [0.25, 0.3) is 11.1 Å². The van der Waals surface area contributed by atoms with Gasteiger partial charge in [-0.2, -0.15) is 0 Å². The molecular weight excluding hydrogens is 508 g/mol. The molecule has 2 aromatic carbocycles. The average Bonchev–Trinajstić information content (AvgIpc) is 3.02. The smallest absolute Gasteiger partial charge is 0.294 e. The summed E-state index contributed by atoms with van der Waals surface area (Å²) in [6.45, 7) is 7.80. The summed E-state index contributed by atoms with van der Waals surface area (Å²) in [5.41, 5.74) is 2.30. The summed E-state index contributed by atoms with van der Waals surface area (Å²) >= 11 is 4.25. The zero-order valence-corrected chi connectivity index (χ0v) is 20.6. The van der Waals surface area contributed by atoms with E-state index >= 15 is 0 Å². The number of carbonyl (C=O) groups excluding carboxylic acids is 3. The van der Waals surface area contributed by atoms with Crippen LogP contribution in [-0.2, 0) is 9.59 Å². The van der Waals surface area contributed by atoms with Crippen LogP contribution >= 0.6 is 27.7 Å². The Bertz CT molecular complexity index is 1110. The Hall–Kier alpha value is -3.04. The van der Waals surface area contributed by atoms with E-state index in [0.29, 0.717) is 40.4 Å². The third-order valence-electron chi connectivity index (χ3n) is 4.49. The van der Waals surface area contributed by atoms with Crippen LogP contribution in [0.25, 0.3) is 6.08 Å². The van der Waals surface area contributed by atoms with Crippen LogP contribution in [0.4, 0.5) is 10.5 Å². The summed E-state index contributed by atoms with van der Waals surface area (Å²) < 4.78 is 12.0. The lowest BCUT2D eigenvalue weighted by atomic mass is 10.2. The topological polar surface area (TPSA) is 84.9 Å². The Balaban J connectivity index is 1.76. The first-order chi connectivity index (χ1) is 15.8. The molecule has 1 saturated heterocycles. The van der Waals surface area contributed by atoms with Gasteiger partial charge in [0.15, 0.2) is 11.5 Å². The second-order valence-electron chi connectivity index (χ2n) is 7.04. The fourth-order valence-electron chi connectivity index (χ4n) is 2.99. The number of ether oxygens (including phenoxy) is 2. The molecule has 0 unspecified atom stereocenters. The lowest BCUT2D eigenvalue weighted by Gasteiger charge is -2.14. The zero-order chi connectivity index (χ0) is 24.0. The van der Waals surface area contributed by atoms with Gasteiger partial charge in [-0.1, -0.05) is 30.4 Å². The summed E-state index contributed by atoms with van der Waals surface area (Å²) in [5, 5.41) is 2.20. The molecule has 0 saturated carbocycles. The first-order valence-electron chi connectivity index (χ1n) is 10.1. The number of aryl methyl sites for hydroxylation is 1. The predicted octanol–water partition coefficient (Wildman–Crippen LogP) is 5.40. The van der Waals surface area contributed by atoms with E-state index in [1.165, 1.54) is 0 Å². The third-order valence-corrected chi connectivity index (χ3v) is 5.98. The molecule has 0 bridgehead atoms. The van der Waals surface area contributed by atoms with Crippen LogP contribution in [0.5, 0.6) is 11.5 Å². The SMILES string of the molecule is C=CCOc1c(Br)cc(/C=C2/SC(=O)N(CC(=O)Nc3ccc(C)cc3)C2=O)cc1OCC. The van der Waals surface area contributed by atoms with Gasteiger partial charge in [0.2, 0.25) is 5.91 Å². The molecule has 1 heterocycles. The Labute approximate surface area is 204 Å². The maximum Gasteiger partial charge on any atom is 0.294 e. The maximum atomic E-state index is 12.8. The molecule has 1 aliphatic heterocycles. The lowest BCUT2D eigenvalue weighted by molar-refractivity contribution is -0.127. The molecule has 7 nitrogen and oxygen atoms in total. The number of hydrogen-bond donors (Lipinski definition) is 1. The fourth-order valence-corrected chi connectivity index (χ4v) is 4.40. The largest absolute Gasteiger partial charge is 0.490 e. The van der Waals surface area contributed by atoms with E-state index in [9.17, 15) is 14.4 Å². The van der Waals surface area contributed by atoms with E-state index < -0.39 is 17.1 Å². The lowest BCUT2D eigenvalue weighted by Crippen LogP contribution is -2.36. The highest BCUT2D eigenvalue weighted by atomic mass is 79.9. The van der Waals surface area contributed by atoms with Gasteiger partial charge in [0.1, 0.15) is 13.2 Å². The number of thioether (sulfide) groups is 1. The molecule has 2 aromatic rings. The second-order valence-corrected chi connectivity index (χ2v) is 8.89. The Morgan fingerprint density at radius 1 is 1.21 bits per heavy atom. The third kappa shape index (κ3) is 6.27. The number of nitrogens with one attached hydrogen (secondary N) is 1. The van der Waals surface area contributed by atoms with E-state index in [2.05, 4.69) is 27.8 Å². The van der Waals surface area contributed by atoms with E-state index in [1.807, 2.05) is 26.0 Å². The van der Waals surface area contributed by atoms with Gasteiger partial charge in [-0.05, 0) is 77.4 Å². The molecule has 0 aliphatic carbocycles. The van der Waals surface area contributed by atoms with E-state index in [4.69, 9.17) is 9.47 Å². The fraction of sp³-hybridized carbons (Fsp3) is 0.208. The van der Waals surface area contributed by atoms with Crippen LogP contribution in [-0.4, -0.2) is 41.7 Å². The molecule has 0 aromatic heterocycles. The summed E-state index contributed by atoms with van der Waals surface area (Å²) in [6, 6.07) is 10.7. The van der Waals surface area contributed by atoms with Gasteiger partial charge in [0.05, 0.1) is 16.0 Å². The van der Waals surface area contributed by atoms with E-state index in [-0.39, 0.29) is 11.4 Å². The summed E-state index contributed by atoms with van der Waals surface area (Å²) in [6.07, 6.45) is 3.22. The molecule has 0 radical (unpaired) electrons.